The highest BCUT2D eigenvalue weighted by atomic mass is 32.2. The van der Waals surface area contributed by atoms with E-state index in [2.05, 4.69) is 15.0 Å². The summed E-state index contributed by atoms with van der Waals surface area (Å²) < 4.78 is 27.0. The second kappa shape index (κ2) is 9.90. The summed E-state index contributed by atoms with van der Waals surface area (Å²) in [5.41, 5.74) is 2.53. The van der Waals surface area contributed by atoms with Gasteiger partial charge in [0.2, 0.25) is 0 Å². The molecule has 3 rings (SSSR count). The third-order valence-electron chi connectivity index (χ3n) is 4.37. The summed E-state index contributed by atoms with van der Waals surface area (Å²) in [7, 11) is 0.137. The number of hydrogen-bond acceptors (Lipinski definition) is 5. The van der Waals surface area contributed by atoms with Crippen molar-refractivity contribution in [1.29, 1.82) is 0 Å². The molecule has 0 atom stereocenters. The second-order valence-corrected chi connectivity index (χ2v) is 8.60. The number of rotatable bonds is 8. The monoisotopic (exact) mass is 436 g/mol. The summed E-state index contributed by atoms with van der Waals surface area (Å²) in [4.78, 5) is 18.5. The van der Waals surface area contributed by atoms with E-state index in [1.54, 1.807) is 30.5 Å². The number of nitrogens with zero attached hydrogens (tertiary/aromatic N) is 2. The van der Waals surface area contributed by atoms with Crippen molar-refractivity contribution in [2.75, 3.05) is 23.7 Å². The van der Waals surface area contributed by atoms with Crippen LogP contribution >= 0.6 is 0 Å². The van der Waals surface area contributed by atoms with E-state index in [4.69, 9.17) is 0 Å². The summed E-state index contributed by atoms with van der Waals surface area (Å²) in [6.45, 7) is 0.362. The van der Waals surface area contributed by atoms with Gasteiger partial charge in [0.25, 0.3) is 15.9 Å². The molecule has 3 aromatic rings. The van der Waals surface area contributed by atoms with Gasteiger partial charge in [-0.05, 0) is 53.6 Å². The summed E-state index contributed by atoms with van der Waals surface area (Å²) in [6.07, 6.45) is 3.22. The molecule has 2 N–H and O–H groups in total. The number of benzene rings is 2. The number of pyridine rings is 1. The van der Waals surface area contributed by atoms with E-state index in [0.29, 0.717) is 17.8 Å². The average molecular weight is 437 g/mol. The van der Waals surface area contributed by atoms with E-state index in [1.807, 2.05) is 61.5 Å². The van der Waals surface area contributed by atoms with Crippen LogP contribution in [0.5, 0.6) is 0 Å². The largest absolute Gasteiger partial charge is 0.363 e. The van der Waals surface area contributed by atoms with Crippen molar-refractivity contribution < 1.29 is 13.2 Å². The fourth-order valence-electron chi connectivity index (χ4n) is 2.72. The smallest absolute Gasteiger partial charge is 0.255 e. The van der Waals surface area contributed by atoms with Crippen molar-refractivity contribution in [3.8, 4) is 0 Å². The first-order valence-corrected chi connectivity index (χ1v) is 11.1. The van der Waals surface area contributed by atoms with Gasteiger partial charge in [-0.25, -0.2) is 13.4 Å². The molecular formula is C23H24N4O3S. The zero-order valence-corrected chi connectivity index (χ0v) is 18.1. The highest BCUT2D eigenvalue weighted by Crippen LogP contribution is 2.14. The van der Waals surface area contributed by atoms with Crippen molar-refractivity contribution in [1.82, 2.24) is 10.3 Å². The number of carbonyl (C=O) groups is 1. The molecule has 0 aliphatic rings. The Labute approximate surface area is 182 Å². The zero-order chi connectivity index (χ0) is 22.3. The number of hydrogen-bond donors (Lipinski definition) is 2. The Morgan fingerprint density at radius 1 is 1.03 bits per heavy atom. The second-order valence-electron chi connectivity index (χ2n) is 7.04. The molecule has 0 saturated carbocycles. The van der Waals surface area contributed by atoms with Gasteiger partial charge < -0.3 is 10.2 Å². The van der Waals surface area contributed by atoms with Crippen LogP contribution in [0.4, 0.5) is 11.5 Å². The van der Waals surface area contributed by atoms with E-state index in [0.717, 1.165) is 22.4 Å². The van der Waals surface area contributed by atoms with Crippen molar-refractivity contribution in [3.05, 3.63) is 95.0 Å². The van der Waals surface area contributed by atoms with E-state index >= 15 is 0 Å². The van der Waals surface area contributed by atoms with Crippen LogP contribution in [-0.4, -0.2) is 33.4 Å². The fraction of sp³-hybridized carbons (Fsp3) is 0.130. The predicted octanol–water partition coefficient (Wildman–Crippen LogP) is 3.49. The van der Waals surface area contributed by atoms with Crippen LogP contribution in [0.25, 0.3) is 6.08 Å². The molecule has 0 saturated heterocycles. The van der Waals surface area contributed by atoms with Gasteiger partial charge in [-0.3, -0.25) is 9.52 Å². The van der Waals surface area contributed by atoms with Crippen LogP contribution in [-0.2, 0) is 16.6 Å². The average Bonchev–Trinajstić information content (AvgIpc) is 2.77. The molecule has 0 aliphatic heterocycles. The Morgan fingerprint density at radius 2 is 1.74 bits per heavy atom. The van der Waals surface area contributed by atoms with Crippen molar-refractivity contribution in [2.24, 2.45) is 0 Å². The predicted molar refractivity (Wildman–Crippen MR) is 124 cm³/mol. The lowest BCUT2D eigenvalue weighted by Crippen LogP contribution is -2.23. The molecule has 0 bridgehead atoms. The van der Waals surface area contributed by atoms with Gasteiger partial charge in [0, 0.05) is 38.1 Å². The molecule has 0 unspecified atom stereocenters. The number of aromatic nitrogens is 1. The highest BCUT2D eigenvalue weighted by Gasteiger charge is 2.09. The Balaban J connectivity index is 1.58. The van der Waals surface area contributed by atoms with Crippen LogP contribution < -0.4 is 14.9 Å². The molecule has 1 amide bonds. The quantitative estimate of drug-likeness (QED) is 0.564. The Bertz CT molecular complexity index is 1160. The van der Waals surface area contributed by atoms with E-state index in [1.165, 1.54) is 6.08 Å². The first-order valence-electron chi connectivity index (χ1n) is 9.59. The normalized spacial score (nSPS) is 11.3. The van der Waals surface area contributed by atoms with Crippen molar-refractivity contribution >= 4 is 33.5 Å². The number of nitrogens with one attached hydrogen (secondary N) is 2. The molecule has 31 heavy (non-hydrogen) atoms. The lowest BCUT2D eigenvalue weighted by atomic mass is 10.2. The molecule has 0 aliphatic carbocycles. The minimum absolute atomic E-state index is 0.249. The van der Waals surface area contributed by atoms with Gasteiger partial charge >= 0.3 is 0 Å². The van der Waals surface area contributed by atoms with Crippen molar-refractivity contribution in [3.63, 3.8) is 0 Å². The Morgan fingerprint density at radius 3 is 2.42 bits per heavy atom. The van der Waals surface area contributed by atoms with Crippen LogP contribution in [0.2, 0.25) is 0 Å². The molecule has 7 nitrogen and oxygen atoms in total. The number of sulfonamides is 1. The maximum Gasteiger partial charge on any atom is 0.255 e. The van der Waals surface area contributed by atoms with Crippen LogP contribution in [0.3, 0.4) is 0 Å². The van der Waals surface area contributed by atoms with Gasteiger partial charge in [-0.15, -0.1) is 0 Å². The van der Waals surface area contributed by atoms with E-state index in [-0.39, 0.29) is 5.91 Å². The van der Waals surface area contributed by atoms with Gasteiger partial charge in [-0.1, -0.05) is 30.3 Å². The molecule has 0 spiro atoms. The Hall–Kier alpha value is -3.65. The highest BCUT2D eigenvalue weighted by molar-refractivity contribution is 7.95. The number of carbonyl (C=O) groups excluding carboxylic acids is 1. The minimum Gasteiger partial charge on any atom is -0.363 e. The summed E-state index contributed by atoms with van der Waals surface area (Å²) in [6, 6.07) is 19.2. The minimum atomic E-state index is -3.66. The zero-order valence-electron chi connectivity index (χ0n) is 17.3. The molecular weight excluding hydrogens is 412 g/mol. The van der Waals surface area contributed by atoms with Crippen molar-refractivity contribution in [2.45, 2.75) is 6.54 Å². The molecule has 1 heterocycles. The van der Waals surface area contributed by atoms with E-state index in [9.17, 15) is 13.2 Å². The third kappa shape index (κ3) is 6.68. The SMILES string of the molecule is CN(C)c1cc(CNC(=O)c2ccc(NS(=O)(=O)/C=C/c3ccccc3)cc2)ccn1. The van der Waals surface area contributed by atoms with Gasteiger partial charge in [0.05, 0.1) is 5.41 Å². The van der Waals surface area contributed by atoms with Crippen LogP contribution in [0, 0.1) is 0 Å². The first-order chi connectivity index (χ1) is 14.8. The van der Waals surface area contributed by atoms with Gasteiger partial charge in [-0.2, -0.15) is 0 Å². The first kappa shape index (κ1) is 22.0. The Kier molecular flexibility index (Phi) is 7.04. The standard InChI is InChI=1S/C23H24N4O3S/c1-27(2)22-16-19(12-14-24-22)17-25-23(28)20-8-10-21(11-9-20)26-31(29,30)15-13-18-6-4-3-5-7-18/h3-16,26H,17H2,1-2H3,(H,25,28)/b15-13+. The lowest BCUT2D eigenvalue weighted by molar-refractivity contribution is 0.0951. The fourth-order valence-corrected chi connectivity index (χ4v) is 3.59. The van der Waals surface area contributed by atoms with Gasteiger partial charge in [0.1, 0.15) is 5.82 Å². The summed E-state index contributed by atoms with van der Waals surface area (Å²) >= 11 is 0. The molecule has 0 radical (unpaired) electrons. The molecule has 160 valence electrons. The topological polar surface area (TPSA) is 91.4 Å². The summed E-state index contributed by atoms with van der Waals surface area (Å²) in [5, 5.41) is 3.96. The van der Waals surface area contributed by atoms with E-state index < -0.39 is 10.0 Å². The summed E-state index contributed by atoms with van der Waals surface area (Å²) in [5.74, 6) is 0.561. The lowest BCUT2D eigenvalue weighted by Gasteiger charge is -2.12. The molecule has 0 fully saturated rings. The van der Waals surface area contributed by atoms with Crippen LogP contribution in [0.1, 0.15) is 21.5 Å². The molecule has 2 aromatic carbocycles. The number of amides is 1. The third-order valence-corrected chi connectivity index (χ3v) is 5.38. The number of anilines is 2. The maximum absolute atomic E-state index is 12.4. The van der Waals surface area contributed by atoms with Crippen LogP contribution in [0.15, 0.2) is 78.3 Å². The maximum atomic E-state index is 12.4. The van der Waals surface area contributed by atoms with Gasteiger partial charge in [0.15, 0.2) is 0 Å². The molecule has 1 aromatic heterocycles. The molecule has 8 heteroatoms.